The third-order valence-corrected chi connectivity index (χ3v) is 11.2. The minimum atomic E-state index is -0.328. The molecular weight excluding hydrogens is 811 g/mol. The second-order valence-corrected chi connectivity index (χ2v) is 16.2. The molecule has 0 radical (unpaired) electrons. The normalized spacial score (nSPS) is 17.7. The number of phenols is 1. The Hall–Kier alpha value is -5.92. The number of aromatic hydroxyl groups is 1. The van der Waals surface area contributed by atoms with Gasteiger partial charge in [0.1, 0.15) is 31.3 Å². The molecule has 5 aromatic rings. The molecule has 3 saturated heterocycles. The largest absolute Gasteiger partial charge is 0.508 e. The first kappa shape index (κ1) is 47.6. The molecule has 0 unspecified atom stereocenters. The number of likely N-dealkylation sites (tertiary alicyclic amines) is 2. The minimum absolute atomic E-state index is 0.0143. The molecular formula is C52H63N3O9. The van der Waals surface area contributed by atoms with E-state index in [2.05, 4.69) is 5.32 Å². The number of carbonyl (C=O) groups is 2. The van der Waals surface area contributed by atoms with Crippen LogP contribution in [0.3, 0.4) is 0 Å². The highest BCUT2D eigenvalue weighted by Crippen LogP contribution is 2.22. The zero-order valence-corrected chi connectivity index (χ0v) is 36.7. The zero-order valence-electron chi connectivity index (χ0n) is 36.7. The minimum Gasteiger partial charge on any atom is -0.508 e. The second-order valence-electron chi connectivity index (χ2n) is 16.2. The highest BCUT2D eigenvalue weighted by molar-refractivity contribution is 5.69. The Labute approximate surface area is 377 Å². The summed E-state index contributed by atoms with van der Waals surface area (Å²) in [6, 6.07) is 45.1. The van der Waals surface area contributed by atoms with Crippen LogP contribution in [-0.2, 0) is 52.0 Å². The van der Waals surface area contributed by atoms with Gasteiger partial charge in [-0.15, -0.1) is 0 Å². The van der Waals surface area contributed by atoms with Gasteiger partial charge in [-0.3, -0.25) is 0 Å². The average Bonchev–Trinajstić information content (AvgIpc) is 4.15. The lowest BCUT2D eigenvalue weighted by molar-refractivity contribution is 0.0493. The van der Waals surface area contributed by atoms with Gasteiger partial charge in [-0.2, -0.15) is 0 Å². The Balaban J connectivity index is 0.000000178. The molecule has 0 aromatic heterocycles. The van der Waals surface area contributed by atoms with Crippen LogP contribution in [0.25, 0.3) is 0 Å². The van der Waals surface area contributed by atoms with Gasteiger partial charge in [0.25, 0.3) is 0 Å². The van der Waals surface area contributed by atoms with Crippen LogP contribution in [0.2, 0.25) is 0 Å². The van der Waals surface area contributed by atoms with Crippen LogP contribution < -0.4 is 10.1 Å². The number of nitrogens with zero attached hydrogens (tertiary/aromatic N) is 2. The van der Waals surface area contributed by atoms with Crippen molar-refractivity contribution in [2.75, 3.05) is 39.5 Å². The summed E-state index contributed by atoms with van der Waals surface area (Å²) in [4.78, 5) is 27.7. The second kappa shape index (κ2) is 26.6. The van der Waals surface area contributed by atoms with Crippen molar-refractivity contribution in [2.45, 2.75) is 89.7 Å². The zero-order chi connectivity index (χ0) is 44.6. The summed E-state index contributed by atoms with van der Waals surface area (Å²) in [6.07, 6.45) is 5.56. The van der Waals surface area contributed by atoms with Crippen LogP contribution in [0, 0.1) is 0 Å². The van der Waals surface area contributed by atoms with Crippen molar-refractivity contribution in [2.24, 2.45) is 0 Å². The Morgan fingerprint density at radius 1 is 0.547 bits per heavy atom. The van der Waals surface area contributed by atoms with E-state index in [1.165, 1.54) is 12.8 Å². The average molecular weight is 874 g/mol. The molecule has 5 aromatic carbocycles. The third kappa shape index (κ3) is 16.3. The van der Waals surface area contributed by atoms with Gasteiger partial charge in [0.15, 0.2) is 0 Å². The highest BCUT2D eigenvalue weighted by atomic mass is 16.6. The van der Waals surface area contributed by atoms with E-state index in [1.807, 2.05) is 127 Å². The van der Waals surface area contributed by atoms with E-state index < -0.39 is 0 Å². The summed E-state index contributed by atoms with van der Waals surface area (Å²) >= 11 is 0. The van der Waals surface area contributed by atoms with Gasteiger partial charge in [0, 0.05) is 19.1 Å². The molecule has 8 rings (SSSR count). The quantitative estimate of drug-likeness (QED) is 0.0881. The molecule has 0 aliphatic carbocycles. The maximum absolute atomic E-state index is 12.5. The number of hydrogen-bond acceptors (Lipinski definition) is 10. The maximum Gasteiger partial charge on any atom is 0.410 e. The van der Waals surface area contributed by atoms with E-state index in [0.29, 0.717) is 57.9 Å². The SMILES string of the molecule is O=C(OCc1ccccc1)N1CCC[C@H]1CO.O=C(OCc1ccccc1)N1CCC[C@H]1COCc1cccc(OCc2ccccc2)c1.Oc1cccc(COC[C@@H]2CCCN2)c1. The topological polar surface area (TPSA) is 139 Å². The van der Waals surface area contributed by atoms with E-state index in [-0.39, 0.29) is 37.5 Å². The number of rotatable bonds is 16. The standard InChI is InChI=1S/C27H29NO4.C13H17NO3.C12H17NO2/c29-27(32-20-23-11-5-2-6-12-23)28-16-8-14-25(28)21-30-18-24-13-7-15-26(17-24)31-19-22-9-3-1-4-10-22;15-9-12-7-4-8-14(12)13(16)17-10-11-5-2-1-3-6-11;14-12-5-1-3-10(7-12)8-15-9-11-4-2-6-13-11/h1-7,9-13,15,17,25H,8,14,16,18-21H2;1-3,5-6,12,15H,4,7-10H2;1,3,5,7,11,13-14H,2,4,6,8-9H2/t25-;12-;11-/m000/s1. The summed E-state index contributed by atoms with van der Waals surface area (Å²) in [7, 11) is 0. The predicted octanol–water partition coefficient (Wildman–Crippen LogP) is 9.02. The van der Waals surface area contributed by atoms with Crippen molar-refractivity contribution >= 4 is 12.2 Å². The molecule has 12 nitrogen and oxygen atoms in total. The number of aliphatic hydroxyl groups is 1. The molecule has 3 fully saturated rings. The van der Waals surface area contributed by atoms with Crippen LogP contribution >= 0.6 is 0 Å². The summed E-state index contributed by atoms with van der Waals surface area (Å²) in [5.74, 6) is 1.12. The number of phenolic OH excluding ortho intramolecular Hbond substituents is 1. The summed E-state index contributed by atoms with van der Waals surface area (Å²) in [6.45, 7) is 5.94. The van der Waals surface area contributed by atoms with E-state index in [4.69, 9.17) is 28.8 Å². The maximum atomic E-state index is 12.5. The predicted molar refractivity (Wildman–Crippen MR) is 245 cm³/mol. The van der Waals surface area contributed by atoms with Crippen molar-refractivity contribution in [3.63, 3.8) is 0 Å². The number of ether oxygens (including phenoxy) is 5. The first-order valence-electron chi connectivity index (χ1n) is 22.4. The summed E-state index contributed by atoms with van der Waals surface area (Å²) in [5.41, 5.74) is 5.16. The molecule has 3 heterocycles. The van der Waals surface area contributed by atoms with Gasteiger partial charge in [0.2, 0.25) is 0 Å². The van der Waals surface area contributed by atoms with Gasteiger partial charge in [-0.25, -0.2) is 9.59 Å². The molecule has 64 heavy (non-hydrogen) atoms. The van der Waals surface area contributed by atoms with Crippen LogP contribution in [0.5, 0.6) is 11.5 Å². The lowest BCUT2D eigenvalue weighted by Crippen LogP contribution is -2.38. The van der Waals surface area contributed by atoms with Gasteiger partial charge in [-0.05, 0) is 97.2 Å². The number of aliphatic hydroxyl groups excluding tert-OH is 1. The molecule has 0 bridgehead atoms. The van der Waals surface area contributed by atoms with Crippen molar-refractivity contribution in [3.8, 4) is 11.5 Å². The molecule has 3 aliphatic rings. The fourth-order valence-corrected chi connectivity index (χ4v) is 7.76. The monoisotopic (exact) mass is 873 g/mol. The summed E-state index contributed by atoms with van der Waals surface area (Å²) < 4.78 is 28.2. The van der Waals surface area contributed by atoms with Gasteiger partial charge in [0.05, 0.1) is 45.1 Å². The molecule has 2 amide bonds. The first-order valence-corrected chi connectivity index (χ1v) is 22.4. The number of hydrogen-bond donors (Lipinski definition) is 3. The van der Waals surface area contributed by atoms with Crippen LogP contribution in [0.15, 0.2) is 140 Å². The van der Waals surface area contributed by atoms with E-state index in [1.54, 1.807) is 21.9 Å². The van der Waals surface area contributed by atoms with E-state index >= 15 is 0 Å². The molecule has 12 heteroatoms. The van der Waals surface area contributed by atoms with Crippen LogP contribution in [0.1, 0.15) is 66.3 Å². The number of nitrogens with one attached hydrogen (secondary N) is 1. The van der Waals surface area contributed by atoms with Crippen molar-refractivity contribution < 1.29 is 43.5 Å². The molecule has 3 atom stereocenters. The van der Waals surface area contributed by atoms with Gasteiger partial charge >= 0.3 is 12.2 Å². The van der Waals surface area contributed by atoms with Crippen molar-refractivity contribution in [1.82, 2.24) is 15.1 Å². The first-order chi connectivity index (χ1) is 31.4. The fourth-order valence-electron chi connectivity index (χ4n) is 7.76. The molecule has 0 spiro atoms. The Morgan fingerprint density at radius 3 is 1.62 bits per heavy atom. The van der Waals surface area contributed by atoms with Crippen molar-refractivity contribution in [3.05, 3.63) is 167 Å². The van der Waals surface area contributed by atoms with Crippen molar-refractivity contribution in [1.29, 1.82) is 0 Å². The summed E-state index contributed by atoms with van der Waals surface area (Å²) in [5, 5.41) is 21.8. The van der Waals surface area contributed by atoms with E-state index in [9.17, 15) is 14.7 Å². The van der Waals surface area contributed by atoms with Crippen LogP contribution in [0.4, 0.5) is 9.59 Å². The number of benzene rings is 5. The lowest BCUT2D eigenvalue weighted by atomic mass is 10.2. The Kier molecular flexibility index (Phi) is 19.8. The number of carbonyl (C=O) groups excluding carboxylic acids is 2. The Morgan fingerprint density at radius 2 is 1.06 bits per heavy atom. The fraction of sp³-hybridized carbons (Fsp3) is 0.385. The van der Waals surface area contributed by atoms with E-state index in [0.717, 1.165) is 72.4 Å². The third-order valence-electron chi connectivity index (χ3n) is 11.2. The van der Waals surface area contributed by atoms with Gasteiger partial charge < -0.3 is 49.0 Å². The molecule has 3 N–H and O–H groups in total. The Bertz CT molecular complexity index is 2090. The van der Waals surface area contributed by atoms with Gasteiger partial charge in [-0.1, -0.05) is 115 Å². The molecule has 340 valence electrons. The smallest absolute Gasteiger partial charge is 0.410 e. The number of amides is 2. The lowest BCUT2D eigenvalue weighted by Gasteiger charge is -2.24. The highest BCUT2D eigenvalue weighted by Gasteiger charge is 2.30. The van der Waals surface area contributed by atoms with Crippen LogP contribution in [-0.4, -0.2) is 89.8 Å². The molecule has 0 saturated carbocycles. The molecule has 3 aliphatic heterocycles.